The first-order chi connectivity index (χ1) is 3.63. The molecule has 8 heavy (non-hydrogen) atoms. The van der Waals surface area contributed by atoms with Gasteiger partial charge < -0.3 is 10.3 Å². The quantitative estimate of drug-likeness (QED) is 0.386. The van der Waals surface area contributed by atoms with E-state index in [0.717, 1.165) is 0 Å². The zero-order valence-electron chi connectivity index (χ0n) is 4.13. The molecule has 1 atom stereocenters. The average molecular weight is 121 g/mol. The minimum absolute atomic E-state index is 0.296. The molecule has 5 nitrogen and oxygen atoms in total. The highest BCUT2D eigenvalue weighted by molar-refractivity contribution is 5.66. The summed E-state index contributed by atoms with van der Waals surface area (Å²) in [6, 6.07) is 0. The molecule has 0 aliphatic carbocycles. The molecular weight excluding hydrogens is 114 g/mol. The molecule has 0 heterocycles. The fourth-order valence-electron chi connectivity index (χ4n) is 0.214. The predicted molar refractivity (Wildman–Crippen MR) is 23.2 cm³/mol. The highest BCUT2D eigenvalue weighted by Crippen LogP contribution is 1.68. The third-order valence-corrected chi connectivity index (χ3v) is 0.553. The molecule has 48 valence electrons. The highest BCUT2D eigenvalue weighted by Gasteiger charge is 1.97. The van der Waals surface area contributed by atoms with Gasteiger partial charge in [0, 0.05) is 0 Å². The van der Waals surface area contributed by atoms with Gasteiger partial charge in [0.1, 0.15) is 6.54 Å². The summed E-state index contributed by atoms with van der Waals surface area (Å²) in [6.07, 6.45) is -0.296. The Morgan fingerprint density at radius 3 is 2.38 bits per heavy atom. The van der Waals surface area contributed by atoms with Crippen LogP contribution >= 0.6 is 0 Å². The maximum absolute atomic E-state index is 9.64. The molecule has 1 unspecified atom stereocenters. The third kappa shape index (κ3) is 5.35. The zero-order valence-corrected chi connectivity index (χ0v) is 4.13. The van der Waals surface area contributed by atoms with Crippen molar-refractivity contribution < 1.29 is 20.3 Å². The van der Waals surface area contributed by atoms with E-state index < -0.39 is 11.2 Å². The van der Waals surface area contributed by atoms with E-state index in [9.17, 15) is 10.0 Å². The molecule has 0 fully saturated rings. The SMILES string of the molecule is O=C(O)CC[NH+]([O-])O. The molecule has 0 saturated heterocycles. The molecule has 0 aromatic heterocycles. The Labute approximate surface area is 45.7 Å². The van der Waals surface area contributed by atoms with Gasteiger partial charge in [-0.2, -0.15) is 0 Å². The first kappa shape index (κ1) is 7.35. The van der Waals surface area contributed by atoms with Crippen LogP contribution in [0.15, 0.2) is 0 Å². The van der Waals surface area contributed by atoms with E-state index in [1.165, 1.54) is 0 Å². The van der Waals surface area contributed by atoms with E-state index in [0.29, 0.717) is 0 Å². The van der Waals surface area contributed by atoms with Crippen molar-refractivity contribution in [3.05, 3.63) is 5.21 Å². The maximum atomic E-state index is 9.64. The van der Waals surface area contributed by atoms with Gasteiger partial charge in [-0.05, 0) is 0 Å². The molecular formula is C3H7NO4. The molecule has 0 rings (SSSR count). The number of carbonyl (C=O) groups is 1. The fourth-order valence-corrected chi connectivity index (χ4v) is 0.214. The molecule has 5 heteroatoms. The summed E-state index contributed by atoms with van der Waals surface area (Å²) in [5, 5.41) is 24.4. The van der Waals surface area contributed by atoms with Crippen LogP contribution in [0.5, 0.6) is 0 Å². The summed E-state index contributed by atoms with van der Waals surface area (Å²) >= 11 is 0. The first-order valence-electron chi connectivity index (χ1n) is 2.06. The van der Waals surface area contributed by atoms with Crippen LogP contribution in [0.3, 0.4) is 0 Å². The third-order valence-electron chi connectivity index (χ3n) is 0.553. The number of hydrogen-bond donors (Lipinski definition) is 3. The summed E-state index contributed by atoms with van der Waals surface area (Å²) in [4.78, 5) is 9.64. The number of carboxylic acid groups (broad SMARTS) is 1. The molecule has 0 spiro atoms. The fraction of sp³-hybridized carbons (Fsp3) is 0.667. The zero-order chi connectivity index (χ0) is 6.57. The van der Waals surface area contributed by atoms with Crippen molar-refractivity contribution in [1.29, 1.82) is 0 Å². The van der Waals surface area contributed by atoms with E-state index in [-0.39, 0.29) is 13.0 Å². The van der Waals surface area contributed by atoms with Gasteiger partial charge in [-0.3, -0.25) is 4.79 Å². The predicted octanol–water partition coefficient (Wildman–Crippen LogP) is -1.77. The molecule has 0 amide bonds. The van der Waals surface area contributed by atoms with Gasteiger partial charge in [-0.15, -0.1) is 0 Å². The Bertz CT molecular complexity index is 81.4. The lowest BCUT2D eigenvalue weighted by molar-refractivity contribution is -1.05. The molecule has 0 radical (unpaired) electrons. The van der Waals surface area contributed by atoms with Crippen LogP contribution in [-0.2, 0) is 4.79 Å². The summed E-state index contributed by atoms with van der Waals surface area (Å²) in [5.41, 5.74) is 0. The minimum Gasteiger partial charge on any atom is -0.600 e. The Morgan fingerprint density at radius 1 is 1.75 bits per heavy atom. The van der Waals surface area contributed by atoms with Crippen LogP contribution < -0.4 is 5.23 Å². The summed E-state index contributed by atoms with van der Waals surface area (Å²) < 4.78 is 0. The number of hydrogen-bond acceptors (Lipinski definition) is 3. The van der Waals surface area contributed by atoms with E-state index in [4.69, 9.17) is 10.3 Å². The maximum Gasteiger partial charge on any atom is 0.309 e. The van der Waals surface area contributed by atoms with Crippen LogP contribution in [0.2, 0.25) is 0 Å². The monoisotopic (exact) mass is 121 g/mol. The lowest BCUT2D eigenvalue weighted by Gasteiger charge is -2.08. The molecule has 3 N–H and O–H groups in total. The lowest BCUT2D eigenvalue weighted by Crippen LogP contribution is -3.04. The van der Waals surface area contributed by atoms with Crippen LogP contribution in [0, 0.1) is 5.21 Å². The van der Waals surface area contributed by atoms with Crippen molar-refractivity contribution in [2.24, 2.45) is 0 Å². The number of nitrogens with one attached hydrogen (secondary N) is 1. The molecule has 0 aromatic carbocycles. The summed E-state index contributed by atoms with van der Waals surface area (Å²) in [6.45, 7) is -0.296. The smallest absolute Gasteiger partial charge is 0.309 e. The number of aliphatic carboxylic acids is 1. The average Bonchev–Trinajstić information content (AvgIpc) is 1.61. The van der Waals surface area contributed by atoms with Crippen molar-refractivity contribution in [2.45, 2.75) is 6.42 Å². The van der Waals surface area contributed by atoms with Gasteiger partial charge >= 0.3 is 5.97 Å². The number of rotatable bonds is 3. The standard InChI is InChI=1S/C3H7NO4/c5-3(6)1-2-4(7)8/h4,7H,1-2H2,(H,5,6). The number of hydroxylamine groups is 2. The van der Waals surface area contributed by atoms with Crippen LogP contribution in [0.1, 0.15) is 6.42 Å². The molecule has 0 bridgehead atoms. The van der Waals surface area contributed by atoms with Gasteiger partial charge in [0.25, 0.3) is 0 Å². The summed E-state index contributed by atoms with van der Waals surface area (Å²) in [5.74, 6) is -1.08. The van der Waals surface area contributed by atoms with Gasteiger partial charge in [-0.25, -0.2) is 10.4 Å². The largest absolute Gasteiger partial charge is 0.600 e. The second-order valence-corrected chi connectivity index (χ2v) is 1.29. The van der Waals surface area contributed by atoms with Crippen LogP contribution in [0.4, 0.5) is 0 Å². The molecule has 0 aliphatic heterocycles. The molecule has 0 aromatic rings. The second kappa shape index (κ2) is 3.36. The van der Waals surface area contributed by atoms with Gasteiger partial charge in [0.15, 0.2) is 0 Å². The van der Waals surface area contributed by atoms with E-state index in [1.54, 1.807) is 0 Å². The summed E-state index contributed by atoms with van der Waals surface area (Å²) in [7, 11) is 0. The van der Waals surface area contributed by atoms with Gasteiger partial charge in [0.2, 0.25) is 0 Å². The highest BCUT2D eigenvalue weighted by atomic mass is 16.8. The van der Waals surface area contributed by atoms with Crippen molar-refractivity contribution >= 4 is 5.97 Å². The molecule has 0 aliphatic rings. The van der Waals surface area contributed by atoms with Gasteiger partial charge in [0.05, 0.1) is 6.42 Å². The van der Waals surface area contributed by atoms with E-state index >= 15 is 0 Å². The Hall–Kier alpha value is -0.650. The Balaban J connectivity index is 3.05. The number of carboxylic acids is 1. The van der Waals surface area contributed by atoms with Crippen molar-refractivity contribution in [2.75, 3.05) is 6.54 Å². The Kier molecular flexibility index (Phi) is 3.09. The van der Waals surface area contributed by atoms with Gasteiger partial charge in [-0.1, -0.05) is 0 Å². The lowest BCUT2D eigenvalue weighted by atomic mass is 10.4. The second-order valence-electron chi connectivity index (χ2n) is 1.29. The van der Waals surface area contributed by atoms with E-state index in [1.807, 2.05) is 0 Å². The van der Waals surface area contributed by atoms with Crippen LogP contribution in [0.25, 0.3) is 0 Å². The topological polar surface area (TPSA) is 85.0 Å². The van der Waals surface area contributed by atoms with Crippen molar-refractivity contribution in [3.8, 4) is 0 Å². The first-order valence-corrected chi connectivity index (χ1v) is 2.06. The normalized spacial score (nSPS) is 13.2. The molecule has 0 saturated carbocycles. The number of quaternary nitrogens is 1. The van der Waals surface area contributed by atoms with Crippen molar-refractivity contribution in [3.63, 3.8) is 0 Å². The van der Waals surface area contributed by atoms with Crippen molar-refractivity contribution in [1.82, 2.24) is 0 Å². The minimum atomic E-state index is -1.08. The van der Waals surface area contributed by atoms with Crippen LogP contribution in [-0.4, -0.2) is 22.8 Å². The Morgan fingerprint density at radius 2 is 2.25 bits per heavy atom. The van der Waals surface area contributed by atoms with E-state index in [2.05, 4.69) is 0 Å².